The number of hydrogen-bond acceptors (Lipinski definition) is 3. The number of aryl methyl sites for hydroxylation is 1. The molecule has 0 radical (unpaired) electrons. The summed E-state index contributed by atoms with van der Waals surface area (Å²) in [6, 6.07) is 12.3. The number of carbonyl (C=O) groups excluding carboxylic acids is 1. The molecule has 1 aromatic heterocycles. The molecule has 0 atom stereocenters. The molecule has 124 valence electrons. The summed E-state index contributed by atoms with van der Waals surface area (Å²) < 4.78 is 5.49. The summed E-state index contributed by atoms with van der Waals surface area (Å²) in [6.45, 7) is 7.72. The fraction of sp³-hybridized carbons (Fsp3) is 0.421. The van der Waals surface area contributed by atoms with Crippen LogP contribution >= 0.6 is 0 Å². The minimum atomic E-state index is -0.170. The van der Waals surface area contributed by atoms with Gasteiger partial charge in [-0.2, -0.15) is 0 Å². The Balaban J connectivity index is 2.01. The number of nitrogens with zero attached hydrogens (tertiary/aromatic N) is 1. The van der Waals surface area contributed by atoms with Gasteiger partial charge in [-0.1, -0.05) is 31.2 Å². The molecule has 0 unspecified atom stereocenters. The van der Waals surface area contributed by atoms with Crippen molar-refractivity contribution >= 4 is 5.91 Å². The molecule has 0 aliphatic rings. The lowest BCUT2D eigenvalue weighted by Gasteiger charge is -2.22. The molecule has 4 heteroatoms. The Morgan fingerprint density at radius 3 is 2.48 bits per heavy atom. The van der Waals surface area contributed by atoms with Crippen LogP contribution in [0.15, 0.2) is 40.8 Å². The summed E-state index contributed by atoms with van der Waals surface area (Å²) in [7, 11) is 2.11. The summed E-state index contributed by atoms with van der Waals surface area (Å²) in [4.78, 5) is 14.5. The van der Waals surface area contributed by atoms with E-state index in [0.29, 0.717) is 18.3 Å². The van der Waals surface area contributed by atoms with Crippen molar-refractivity contribution < 1.29 is 9.21 Å². The van der Waals surface area contributed by atoms with Crippen LogP contribution in [0.25, 0.3) is 0 Å². The molecule has 0 aliphatic carbocycles. The van der Waals surface area contributed by atoms with Crippen molar-refractivity contribution in [3.8, 4) is 0 Å². The summed E-state index contributed by atoms with van der Waals surface area (Å²) in [6.07, 6.45) is 0.789. The second kappa shape index (κ2) is 7.97. The molecule has 23 heavy (non-hydrogen) atoms. The molecule has 1 amide bonds. The van der Waals surface area contributed by atoms with E-state index in [9.17, 15) is 4.79 Å². The van der Waals surface area contributed by atoms with Gasteiger partial charge in [0.1, 0.15) is 5.76 Å². The first-order chi connectivity index (χ1) is 11.0. The van der Waals surface area contributed by atoms with E-state index in [0.717, 1.165) is 24.3 Å². The smallest absolute Gasteiger partial charge is 0.287 e. The van der Waals surface area contributed by atoms with Crippen LogP contribution < -0.4 is 5.32 Å². The fourth-order valence-electron chi connectivity index (χ4n) is 2.29. The van der Waals surface area contributed by atoms with E-state index >= 15 is 0 Å². The largest absolute Gasteiger partial charge is 0.456 e. The normalized spacial score (nSPS) is 11.2. The van der Waals surface area contributed by atoms with Crippen LogP contribution in [-0.4, -0.2) is 23.9 Å². The van der Waals surface area contributed by atoms with E-state index < -0.39 is 0 Å². The van der Waals surface area contributed by atoms with Crippen LogP contribution in [0.4, 0.5) is 0 Å². The Kier molecular flexibility index (Phi) is 5.99. The number of rotatable bonds is 7. The number of hydrogen-bond donors (Lipinski definition) is 1. The third kappa shape index (κ3) is 4.70. The lowest BCUT2D eigenvalue weighted by Crippen LogP contribution is -2.27. The Labute approximate surface area is 138 Å². The van der Waals surface area contributed by atoms with Gasteiger partial charge in [0.25, 0.3) is 5.91 Å². The quantitative estimate of drug-likeness (QED) is 0.849. The van der Waals surface area contributed by atoms with E-state index in [1.54, 1.807) is 6.07 Å². The first kappa shape index (κ1) is 17.3. The van der Waals surface area contributed by atoms with Crippen molar-refractivity contribution in [1.29, 1.82) is 0 Å². The number of furan rings is 1. The fourth-order valence-corrected chi connectivity index (χ4v) is 2.29. The Hall–Kier alpha value is -2.07. The van der Waals surface area contributed by atoms with Crippen LogP contribution in [0, 0.1) is 0 Å². The summed E-state index contributed by atoms with van der Waals surface area (Å²) in [5, 5.41) is 2.94. The Morgan fingerprint density at radius 1 is 1.17 bits per heavy atom. The summed E-state index contributed by atoms with van der Waals surface area (Å²) in [5.41, 5.74) is 2.37. The van der Waals surface area contributed by atoms with Crippen LogP contribution in [0.1, 0.15) is 48.2 Å². The van der Waals surface area contributed by atoms with Crippen molar-refractivity contribution in [3.63, 3.8) is 0 Å². The molecule has 0 fully saturated rings. The first-order valence-corrected chi connectivity index (χ1v) is 8.15. The molecule has 1 aromatic carbocycles. The third-order valence-corrected chi connectivity index (χ3v) is 4.09. The van der Waals surface area contributed by atoms with Gasteiger partial charge in [0.15, 0.2) is 5.76 Å². The number of carbonyl (C=O) groups is 1. The van der Waals surface area contributed by atoms with E-state index in [1.807, 2.05) is 25.1 Å². The highest BCUT2D eigenvalue weighted by atomic mass is 16.3. The molecule has 0 saturated heterocycles. The number of amides is 1. The standard InChI is InChI=1S/C19H26N2O2/c1-5-17-10-11-18(23-17)19(22)20-12-15-8-6-7-9-16(15)13-21(4)14(2)3/h6-11,14H,5,12-13H2,1-4H3,(H,20,22). The van der Waals surface area contributed by atoms with Gasteiger partial charge in [-0.15, -0.1) is 0 Å². The molecular weight excluding hydrogens is 288 g/mol. The van der Waals surface area contributed by atoms with Gasteiger partial charge >= 0.3 is 0 Å². The van der Waals surface area contributed by atoms with Crippen molar-refractivity contribution in [1.82, 2.24) is 10.2 Å². The minimum absolute atomic E-state index is 0.170. The molecule has 1 heterocycles. The van der Waals surface area contributed by atoms with Crippen molar-refractivity contribution in [3.05, 3.63) is 59.0 Å². The molecule has 1 N–H and O–H groups in total. The lowest BCUT2D eigenvalue weighted by atomic mass is 10.1. The molecule has 0 saturated carbocycles. The monoisotopic (exact) mass is 314 g/mol. The van der Waals surface area contributed by atoms with Crippen LogP contribution in [0.3, 0.4) is 0 Å². The minimum Gasteiger partial charge on any atom is -0.456 e. The van der Waals surface area contributed by atoms with Crippen LogP contribution in [-0.2, 0) is 19.5 Å². The zero-order valence-electron chi connectivity index (χ0n) is 14.4. The van der Waals surface area contributed by atoms with E-state index in [1.165, 1.54) is 5.56 Å². The highest BCUT2D eigenvalue weighted by molar-refractivity contribution is 5.91. The third-order valence-electron chi connectivity index (χ3n) is 4.09. The van der Waals surface area contributed by atoms with Gasteiger partial charge < -0.3 is 9.73 Å². The Bertz CT molecular complexity index is 646. The predicted octanol–water partition coefficient (Wildman–Crippen LogP) is 3.61. The van der Waals surface area contributed by atoms with Gasteiger partial charge in [-0.3, -0.25) is 9.69 Å². The maximum Gasteiger partial charge on any atom is 0.287 e. The van der Waals surface area contributed by atoms with Crippen LogP contribution in [0.2, 0.25) is 0 Å². The topological polar surface area (TPSA) is 45.5 Å². The van der Waals surface area contributed by atoms with Gasteiger partial charge in [-0.05, 0) is 44.2 Å². The number of nitrogens with one attached hydrogen (secondary N) is 1. The second-order valence-corrected chi connectivity index (χ2v) is 6.08. The molecule has 2 aromatic rings. The van der Waals surface area contributed by atoms with E-state index in [4.69, 9.17) is 4.42 Å². The predicted molar refractivity (Wildman–Crippen MR) is 92.3 cm³/mol. The highest BCUT2D eigenvalue weighted by Gasteiger charge is 2.12. The first-order valence-electron chi connectivity index (χ1n) is 8.15. The lowest BCUT2D eigenvalue weighted by molar-refractivity contribution is 0.0921. The molecule has 2 rings (SSSR count). The van der Waals surface area contributed by atoms with Crippen molar-refractivity contribution in [2.24, 2.45) is 0 Å². The average molecular weight is 314 g/mol. The van der Waals surface area contributed by atoms with Crippen LogP contribution in [0.5, 0.6) is 0 Å². The molecule has 0 spiro atoms. The summed E-state index contributed by atoms with van der Waals surface area (Å²) in [5.74, 6) is 1.03. The van der Waals surface area contributed by atoms with Gasteiger partial charge in [0.2, 0.25) is 0 Å². The average Bonchev–Trinajstić information content (AvgIpc) is 3.02. The van der Waals surface area contributed by atoms with E-state index in [-0.39, 0.29) is 5.91 Å². The van der Waals surface area contributed by atoms with Crippen molar-refractivity contribution in [2.75, 3.05) is 7.05 Å². The molecule has 0 bridgehead atoms. The highest BCUT2D eigenvalue weighted by Crippen LogP contribution is 2.13. The van der Waals surface area contributed by atoms with Crippen molar-refractivity contribution in [2.45, 2.75) is 46.3 Å². The zero-order chi connectivity index (χ0) is 16.8. The van der Waals surface area contributed by atoms with Gasteiger partial charge in [0.05, 0.1) is 0 Å². The number of benzene rings is 1. The maximum atomic E-state index is 12.2. The SMILES string of the molecule is CCc1ccc(C(=O)NCc2ccccc2CN(C)C(C)C)o1. The maximum absolute atomic E-state index is 12.2. The molecule has 4 nitrogen and oxygen atoms in total. The van der Waals surface area contributed by atoms with Gasteiger partial charge in [0, 0.05) is 25.6 Å². The second-order valence-electron chi connectivity index (χ2n) is 6.08. The van der Waals surface area contributed by atoms with E-state index in [2.05, 4.69) is 43.2 Å². The summed E-state index contributed by atoms with van der Waals surface area (Å²) >= 11 is 0. The van der Waals surface area contributed by atoms with Gasteiger partial charge in [-0.25, -0.2) is 0 Å². The molecule has 0 aliphatic heterocycles. The Morgan fingerprint density at radius 2 is 1.87 bits per heavy atom. The zero-order valence-corrected chi connectivity index (χ0v) is 14.4. The molecular formula is C19H26N2O2.